The van der Waals surface area contributed by atoms with Gasteiger partial charge in [-0.3, -0.25) is 14.4 Å². The van der Waals surface area contributed by atoms with Crippen molar-refractivity contribution in [1.29, 1.82) is 0 Å². The Bertz CT molecular complexity index is 1070. The number of ketones is 1. The van der Waals surface area contributed by atoms with Gasteiger partial charge in [0.05, 0.1) is 5.56 Å². The largest absolute Gasteiger partial charge is 0.508 e. The number of carbonyl (C=O) groups excluding carboxylic acids is 2. The maximum atomic E-state index is 12.8. The van der Waals surface area contributed by atoms with Gasteiger partial charge in [0, 0.05) is 7.05 Å². The Balaban J connectivity index is 1.68. The van der Waals surface area contributed by atoms with Crippen LogP contribution in [0.1, 0.15) is 26.3 Å². The van der Waals surface area contributed by atoms with Crippen LogP contribution >= 0.6 is 0 Å². The van der Waals surface area contributed by atoms with Gasteiger partial charge in [-0.15, -0.1) is 0 Å². The number of ether oxygens (including phenoxy) is 2. The molecule has 1 atom stereocenters. The molecule has 176 valence electrons. The van der Waals surface area contributed by atoms with Gasteiger partial charge in [-0.2, -0.15) is 13.2 Å². The highest BCUT2D eigenvalue weighted by Crippen LogP contribution is 2.32. The van der Waals surface area contributed by atoms with Crippen molar-refractivity contribution in [3.05, 3.63) is 65.4 Å². The first-order valence-corrected chi connectivity index (χ1v) is 9.86. The zero-order valence-electron chi connectivity index (χ0n) is 18.3. The fourth-order valence-corrected chi connectivity index (χ4v) is 3.10. The Labute approximate surface area is 187 Å². The number of likely N-dealkylation sites (N-methyl/N-ethyl adjacent to an activating group) is 1. The molecule has 1 aliphatic rings. The molecule has 1 heterocycles. The number of carbonyl (C=O) groups is 2. The third-order valence-corrected chi connectivity index (χ3v) is 4.84. The minimum Gasteiger partial charge on any atom is -0.508 e. The molecule has 0 aromatic heterocycles. The predicted molar refractivity (Wildman–Crippen MR) is 111 cm³/mol. The van der Waals surface area contributed by atoms with Gasteiger partial charge in [0.15, 0.2) is 6.10 Å². The summed E-state index contributed by atoms with van der Waals surface area (Å²) in [5, 5.41) is 11.2. The first-order chi connectivity index (χ1) is 15.3. The van der Waals surface area contributed by atoms with Crippen molar-refractivity contribution >= 4 is 11.7 Å². The standard InChI is InChI=1S/C23H22F3NO6/c1-13(19(28)18-20(29)22(2,3)33-27(4)21(18)30)31-15-9-11-17(12-10-15)32-16-7-5-14(6-8-16)23(24,25)26/h5-13,29H,1-4H3. The zero-order valence-corrected chi connectivity index (χ0v) is 18.3. The Morgan fingerprint density at radius 3 is 2.03 bits per heavy atom. The second-order valence-electron chi connectivity index (χ2n) is 7.85. The SMILES string of the molecule is CC(Oc1ccc(Oc2ccc(C(F)(F)F)cc2)cc1)C(=O)C1=C(O)C(C)(C)ON(C)C1=O. The van der Waals surface area contributed by atoms with E-state index in [2.05, 4.69) is 0 Å². The van der Waals surface area contributed by atoms with E-state index in [1.165, 1.54) is 64.2 Å². The van der Waals surface area contributed by atoms with E-state index in [0.29, 0.717) is 5.75 Å². The summed E-state index contributed by atoms with van der Waals surface area (Å²) < 4.78 is 49.1. The lowest BCUT2D eigenvalue weighted by Gasteiger charge is -2.35. The van der Waals surface area contributed by atoms with Gasteiger partial charge in [-0.25, -0.2) is 5.06 Å². The van der Waals surface area contributed by atoms with E-state index in [1.807, 2.05) is 0 Å². The molecule has 7 nitrogen and oxygen atoms in total. The van der Waals surface area contributed by atoms with Crippen molar-refractivity contribution in [2.24, 2.45) is 0 Å². The normalized spacial score (nSPS) is 17.1. The molecule has 0 radical (unpaired) electrons. The summed E-state index contributed by atoms with van der Waals surface area (Å²) in [4.78, 5) is 30.4. The molecule has 10 heteroatoms. The topological polar surface area (TPSA) is 85.3 Å². The van der Waals surface area contributed by atoms with Gasteiger partial charge >= 0.3 is 6.18 Å². The minimum absolute atomic E-state index is 0.215. The number of halogens is 3. The highest BCUT2D eigenvalue weighted by molar-refractivity contribution is 6.21. The van der Waals surface area contributed by atoms with E-state index in [1.54, 1.807) is 0 Å². The van der Waals surface area contributed by atoms with Crippen LogP contribution in [0.4, 0.5) is 13.2 Å². The number of hydroxylamine groups is 2. The van der Waals surface area contributed by atoms with Gasteiger partial charge in [-0.1, -0.05) is 0 Å². The molecule has 0 saturated carbocycles. The maximum absolute atomic E-state index is 12.8. The summed E-state index contributed by atoms with van der Waals surface area (Å²) >= 11 is 0. The predicted octanol–water partition coefficient (Wildman–Crippen LogP) is 4.83. The van der Waals surface area contributed by atoms with E-state index in [9.17, 15) is 27.9 Å². The summed E-state index contributed by atoms with van der Waals surface area (Å²) in [5.74, 6) is -1.15. The summed E-state index contributed by atoms with van der Waals surface area (Å²) in [5.41, 5.74) is -2.45. The lowest BCUT2D eigenvalue weighted by molar-refractivity contribution is -0.223. The van der Waals surface area contributed by atoms with Crippen LogP contribution in [0.2, 0.25) is 0 Å². The van der Waals surface area contributed by atoms with E-state index in [0.717, 1.165) is 17.2 Å². The van der Waals surface area contributed by atoms with Crippen LogP contribution in [-0.2, 0) is 20.6 Å². The number of aliphatic hydroxyl groups excluding tert-OH is 1. The van der Waals surface area contributed by atoms with E-state index >= 15 is 0 Å². The average molecular weight is 465 g/mol. The maximum Gasteiger partial charge on any atom is 0.416 e. The summed E-state index contributed by atoms with van der Waals surface area (Å²) in [6.45, 7) is 4.46. The van der Waals surface area contributed by atoms with Gasteiger partial charge < -0.3 is 14.6 Å². The minimum atomic E-state index is -4.43. The van der Waals surface area contributed by atoms with Crippen LogP contribution in [-0.4, -0.2) is 40.6 Å². The number of hydrogen-bond donors (Lipinski definition) is 1. The fraction of sp³-hybridized carbons (Fsp3) is 0.304. The zero-order chi connectivity index (χ0) is 24.6. The molecule has 1 aliphatic heterocycles. The number of rotatable bonds is 6. The lowest BCUT2D eigenvalue weighted by atomic mass is 9.95. The lowest BCUT2D eigenvalue weighted by Crippen LogP contribution is -2.48. The fourth-order valence-electron chi connectivity index (χ4n) is 3.10. The third-order valence-electron chi connectivity index (χ3n) is 4.84. The number of Topliss-reactive ketones (excluding diaryl/α,β-unsaturated/α-hetero) is 1. The number of benzene rings is 2. The monoisotopic (exact) mass is 465 g/mol. The molecular formula is C23H22F3NO6. The smallest absolute Gasteiger partial charge is 0.416 e. The molecule has 1 N–H and O–H groups in total. The third kappa shape index (κ3) is 5.28. The molecule has 0 fully saturated rings. The summed E-state index contributed by atoms with van der Waals surface area (Å²) in [6, 6.07) is 10.3. The number of hydrogen-bond acceptors (Lipinski definition) is 6. The number of alkyl halides is 3. The van der Waals surface area contributed by atoms with Crippen molar-refractivity contribution < 1.29 is 42.2 Å². The summed E-state index contributed by atoms with van der Waals surface area (Å²) in [7, 11) is 1.34. The molecule has 0 aliphatic carbocycles. The van der Waals surface area contributed by atoms with Crippen LogP contribution in [0.15, 0.2) is 59.9 Å². The Kier molecular flexibility index (Phi) is 6.42. The molecule has 2 aromatic carbocycles. The Morgan fingerprint density at radius 2 is 1.52 bits per heavy atom. The van der Waals surface area contributed by atoms with Crippen LogP contribution < -0.4 is 9.47 Å². The van der Waals surface area contributed by atoms with Crippen molar-refractivity contribution in [1.82, 2.24) is 5.06 Å². The Hall–Kier alpha value is -3.53. The van der Waals surface area contributed by atoms with Crippen LogP contribution in [0.25, 0.3) is 0 Å². The van der Waals surface area contributed by atoms with Gasteiger partial charge in [0.1, 0.15) is 34.2 Å². The molecule has 2 aromatic rings. The molecule has 3 rings (SSSR count). The average Bonchev–Trinajstić information content (AvgIpc) is 2.73. The van der Waals surface area contributed by atoms with E-state index in [-0.39, 0.29) is 11.5 Å². The van der Waals surface area contributed by atoms with Crippen molar-refractivity contribution in [3.8, 4) is 17.2 Å². The van der Waals surface area contributed by atoms with Crippen LogP contribution in [0.5, 0.6) is 17.2 Å². The number of aliphatic hydroxyl groups is 1. The van der Waals surface area contributed by atoms with Crippen LogP contribution in [0.3, 0.4) is 0 Å². The first-order valence-electron chi connectivity index (χ1n) is 9.86. The second kappa shape index (κ2) is 8.78. The summed E-state index contributed by atoms with van der Waals surface area (Å²) in [6.07, 6.45) is -5.53. The van der Waals surface area contributed by atoms with Gasteiger partial charge in [0.2, 0.25) is 5.78 Å². The molecule has 1 unspecified atom stereocenters. The molecular weight excluding hydrogens is 443 g/mol. The van der Waals surface area contributed by atoms with Crippen molar-refractivity contribution in [3.63, 3.8) is 0 Å². The Morgan fingerprint density at radius 1 is 1.03 bits per heavy atom. The molecule has 0 spiro atoms. The first kappa shape index (κ1) is 24.1. The number of nitrogens with zero attached hydrogens (tertiary/aromatic N) is 1. The highest BCUT2D eigenvalue weighted by atomic mass is 19.4. The van der Waals surface area contributed by atoms with Crippen molar-refractivity contribution in [2.45, 2.75) is 38.7 Å². The van der Waals surface area contributed by atoms with E-state index < -0.39 is 46.5 Å². The molecule has 1 amide bonds. The second-order valence-corrected chi connectivity index (χ2v) is 7.85. The molecule has 0 bridgehead atoms. The molecule has 33 heavy (non-hydrogen) atoms. The number of amides is 1. The highest BCUT2D eigenvalue weighted by Gasteiger charge is 2.43. The van der Waals surface area contributed by atoms with Crippen molar-refractivity contribution in [2.75, 3.05) is 7.05 Å². The molecule has 0 saturated heterocycles. The van der Waals surface area contributed by atoms with Gasteiger partial charge in [-0.05, 0) is 69.3 Å². The van der Waals surface area contributed by atoms with Gasteiger partial charge in [0.25, 0.3) is 5.91 Å². The van der Waals surface area contributed by atoms with E-state index in [4.69, 9.17) is 14.3 Å². The van der Waals surface area contributed by atoms with Crippen LogP contribution in [0, 0.1) is 0 Å². The quantitative estimate of drug-likeness (QED) is 0.616.